The van der Waals surface area contributed by atoms with Gasteiger partial charge in [-0.1, -0.05) is 11.6 Å². The molecule has 0 aliphatic heterocycles. The zero-order valence-corrected chi connectivity index (χ0v) is 11.3. The molecule has 0 aromatic heterocycles. The van der Waals surface area contributed by atoms with Crippen LogP contribution < -0.4 is 11.1 Å². The van der Waals surface area contributed by atoms with Crippen molar-refractivity contribution in [1.29, 1.82) is 0 Å². The summed E-state index contributed by atoms with van der Waals surface area (Å²) in [5.74, 6) is -2.33. The molecule has 0 atom stereocenters. The van der Waals surface area contributed by atoms with Crippen LogP contribution in [0.1, 0.15) is 15.9 Å². The molecule has 20 heavy (non-hydrogen) atoms. The van der Waals surface area contributed by atoms with E-state index in [1.54, 1.807) is 19.1 Å². The molecular weight excluding hydrogens is 286 g/mol. The molecule has 2 aromatic rings. The third kappa shape index (κ3) is 3.05. The van der Waals surface area contributed by atoms with Crippen LogP contribution in [0, 0.1) is 18.6 Å². The summed E-state index contributed by atoms with van der Waals surface area (Å²) in [7, 11) is 0. The number of rotatable bonds is 2. The molecule has 0 aliphatic rings. The molecule has 0 bridgehead atoms. The number of amides is 1. The SMILES string of the molecule is Cc1cc(N)cc(C(=O)Nc2c(F)cc(F)cc2Cl)c1. The summed E-state index contributed by atoms with van der Waals surface area (Å²) >= 11 is 5.71. The van der Waals surface area contributed by atoms with Crippen LogP contribution in [0.4, 0.5) is 20.2 Å². The molecule has 0 saturated heterocycles. The van der Waals surface area contributed by atoms with Crippen molar-refractivity contribution in [3.63, 3.8) is 0 Å². The number of aryl methyl sites for hydroxylation is 1. The molecule has 104 valence electrons. The summed E-state index contributed by atoms with van der Waals surface area (Å²) in [6.45, 7) is 1.78. The zero-order valence-electron chi connectivity index (χ0n) is 10.5. The second kappa shape index (κ2) is 5.46. The van der Waals surface area contributed by atoms with Gasteiger partial charge in [-0.05, 0) is 36.8 Å². The highest BCUT2D eigenvalue weighted by Crippen LogP contribution is 2.27. The van der Waals surface area contributed by atoms with Crippen LogP contribution in [0.3, 0.4) is 0 Å². The highest BCUT2D eigenvalue weighted by molar-refractivity contribution is 6.34. The molecule has 0 aliphatic carbocycles. The molecule has 2 rings (SSSR count). The minimum atomic E-state index is -0.941. The molecule has 0 heterocycles. The summed E-state index contributed by atoms with van der Waals surface area (Å²) < 4.78 is 26.5. The normalized spacial score (nSPS) is 10.4. The topological polar surface area (TPSA) is 55.1 Å². The second-order valence-electron chi connectivity index (χ2n) is 4.33. The third-order valence-corrected chi connectivity index (χ3v) is 2.91. The van der Waals surface area contributed by atoms with E-state index in [0.717, 1.165) is 11.6 Å². The van der Waals surface area contributed by atoms with E-state index in [1.165, 1.54) is 6.07 Å². The fourth-order valence-electron chi connectivity index (χ4n) is 1.79. The lowest BCUT2D eigenvalue weighted by Gasteiger charge is -2.09. The molecule has 2 aromatic carbocycles. The van der Waals surface area contributed by atoms with Crippen molar-refractivity contribution < 1.29 is 13.6 Å². The average molecular weight is 297 g/mol. The lowest BCUT2D eigenvalue weighted by molar-refractivity contribution is 0.102. The standard InChI is InChI=1S/C14H11ClF2N2O/c1-7-2-8(4-10(18)3-7)14(20)19-13-11(15)5-9(16)6-12(13)17/h2-6H,18H2,1H3,(H,19,20). The summed E-state index contributed by atoms with van der Waals surface area (Å²) in [5, 5.41) is 2.10. The molecule has 3 nitrogen and oxygen atoms in total. The van der Waals surface area contributed by atoms with Crippen molar-refractivity contribution in [1.82, 2.24) is 0 Å². The maximum absolute atomic E-state index is 13.6. The van der Waals surface area contributed by atoms with Gasteiger partial charge in [-0.25, -0.2) is 8.78 Å². The number of nitrogens with one attached hydrogen (secondary N) is 1. The number of benzene rings is 2. The van der Waals surface area contributed by atoms with Crippen molar-refractivity contribution in [2.45, 2.75) is 6.92 Å². The summed E-state index contributed by atoms with van der Waals surface area (Å²) in [6.07, 6.45) is 0. The van der Waals surface area contributed by atoms with Crippen LogP contribution in [0.5, 0.6) is 0 Å². The van der Waals surface area contributed by atoms with E-state index in [9.17, 15) is 13.6 Å². The van der Waals surface area contributed by atoms with Gasteiger partial charge in [0.25, 0.3) is 5.91 Å². The van der Waals surface area contributed by atoms with Crippen molar-refractivity contribution in [3.05, 3.63) is 58.1 Å². The van der Waals surface area contributed by atoms with E-state index in [4.69, 9.17) is 17.3 Å². The monoisotopic (exact) mass is 296 g/mol. The van der Waals surface area contributed by atoms with Crippen LogP contribution >= 0.6 is 11.6 Å². The minimum absolute atomic E-state index is 0.212. The lowest BCUT2D eigenvalue weighted by Crippen LogP contribution is -2.14. The van der Waals surface area contributed by atoms with E-state index in [0.29, 0.717) is 11.8 Å². The summed E-state index contributed by atoms with van der Waals surface area (Å²) in [4.78, 5) is 12.0. The van der Waals surface area contributed by atoms with Crippen molar-refractivity contribution in [2.24, 2.45) is 0 Å². The van der Waals surface area contributed by atoms with Crippen LogP contribution in [-0.4, -0.2) is 5.91 Å². The van der Waals surface area contributed by atoms with Crippen molar-refractivity contribution in [2.75, 3.05) is 11.1 Å². The van der Waals surface area contributed by atoms with Gasteiger partial charge in [-0.15, -0.1) is 0 Å². The average Bonchev–Trinajstić information content (AvgIpc) is 2.32. The Morgan fingerprint density at radius 1 is 1.20 bits per heavy atom. The Bertz CT molecular complexity index is 646. The van der Waals surface area contributed by atoms with Gasteiger partial charge in [0.1, 0.15) is 5.82 Å². The largest absolute Gasteiger partial charge is 0.399 e. The Balaban J connectivity index is 2.32. The van der Waals surface area contributed by atoms with Crippen LogP contribution in [0.15, 0.2) is 30.3 Å². The Morgan fingerprint density at radius 2 is 1.90 bits per heavy atom. The summed E-state index contributed by atoms with van der Waals surface area (Å²) in [6, 6.07) is 6.32. The van der Waals surface area contributed by atoms with Gasteiger partial charge < -0.3 is 11.1 Å². The van der Waals surface area contributed by atoms with E-state index < -0.39 is 17.5 Å². The van der Waals surface area contributed by atoms with Gasteiger partial charge in [0, 0.05) is 17.3 Å². The number of carbonyl (C=O) groups is 1. The van der Waals surface area contributed by atoms with E-state index >= 15 is 0 Å². The van der Waals surface area contributed by atoms with Gasteiger partial charge in [0.15, 0.2) is 5.82 Å². The first-order valence-electron chi connectivity index (χ1n) is 5.70. The Labute approximate surface area is 119 Å². The number of nitrogens with two attached hydrogens (primary N) is 1. The number of anilines is 2. The Hall–Kier alpha value is -2.14. The van der Waals surface area contributed by atoms with Crippen LogP contribution in [0.25, 0.3) is 0 Å². The smallest absolute Gasteiger partial charge is 0.255 e. The number of hydrogen-bond donors (Lipinski definition) is 2. The van der Waals surface area contributed by atoms with Crippen molar-refractivity contribution in [3.8, 4) is 0 Å². The molecule has 0 radical (unpaired) electrons. The predicted octanol–water partition coefficient (Wildman–Crippen LogP) is 3.76. The molecule has 0 spiro atoms. The molecule has 1 amide bonds. The van der Waals surface area contributed by atoms with E-state index in [2.05, 4.69) is 5.32 Å². The fraction of sp³-hybridized carbons (Fsp3) is 0.0714. The lowest BCUT2D eigenvalue weighted by atomic mass is 10.1. The van der Waals surface area contributed by atoms with E-state index in [1.807, 2.05) is 0 Å². The van der Waals surface area contributed by atoms with Gasteiger partial charge in [0.2, 0.25) is 0 Å². The van der Waals surface area contributed by atoms with Crippen LogP contribution in [-0.2, 0) is 0 Å². The van der Waals surface area contributed by atoms with Gasteiger partial charge in [-0.3, -0.25) is 4.79 Å². The predicted molar refractivity (Wildman–Crippen MR) is 74.9 cm³/mol. The maximum atomic E-state index is 13.6. The number of carbonyl (C=O) groups excluding carboxylic acids is 1. The molecule has 6 heteroatoms. The van der Waals surface area contributed by atoms with Gasteiger partial charge >= 0.3 is 0 Å². The number of nitrogen functional groups attached to an aromatic ring is 1. The molecular formula is C14H11ClF2N2O. The zero-order chi connectivity index (χ0) is 14.9. The second-order valence-corrected chi connectivity index (χ2v) is 4.74. The first-order valence-corrected chi connectivity index (χ1v) is 6.07. The highest BCUT2D eigenvalue weighted by atomic mass is 35.5. The number of halogens is 3. The quantitative estimate of drug-likeness (QED) is 0.829. The Kier molecular flexibility index (Phi) is 3.90. The molecule has 3 N–H and O–H groups in total. The molecule has 0 unspecified atom stereocenters. The Morgan fingerprint density at radius 3 is 2.50 bits per heavy atom. The maximum Gasteiger partial charge on any atom is 0.255 e. The first-order chi connectivity index (χ1) is 9.36. The summed E-state index contributed by atoms with van der Waals surface area (Å²) in [5.41, 5.74) is 6.85. The molecule has 0 fully saturated rings. The first kappa shape index (κ1) is 14.3. The third-order valence-electron chi connectivity index (χ3n) is 2.61. The van der Waals surface area contributed by atoms with Gasteiger partial charge in [0.05, 0.1) is 10.7 Å². The number of hydrogen-bond acceptors (Lipinski definition) is 2. The van der Waals surface area contributed by atoms with Gasteiger partial charge in [-0.2, -0.15) is 0 Å². The highest BCUT2D eigenvalue weighted by Gasteiger charge is 2.14. The minimum Gasteiger partial charge on any atom is -0.399 e. The fourth-order valence-corrected chi connectivity index (χ4v) is 2.03. The van der Waals surface area contributed by atoms with Crippen LogP contribution in [0.2, 0.25) is 5.02 Å². The molecule has 0 saturated carbocycles. The van der Waals surface area contributed by atoms with Crippen molar-refractivity contribution >= 4 is 28.9 Å². The van der Waals surface area contributed by atoms with E-state index in [-0.39, 0.29) is 16.3 Å².